The number of aryl methyl sites for hydroxylation is 1. The Hall–Kier alpha value is -2.32. The molecule has 0 bridgehead atoms. The van der Waals surface area contributed by atoms with Crippen molar-refractivity contribution in [3.8, 4) is 0 Å². The van der Waals surface area contributed by atoms with E-state index in [9.17, 15) is 27.9 Å². The molecule has 0 saturated carbocycles. The minimum absolute atomic E-state index is 0.126. The second kappa shape index (κ2) is 7.06. The molecule has 132 valence electrons. The fourth-order valence-corrected chi connectivity index (χ4v) is 2.75. The first-order valence-corrected chi connectivity index (χ1v) is 7.52. The molecule has 1 amide bonds. The highest BCUT2D eigenvalue weighted by molar-refractivity contribution is 5.96. The number of carbonyl (C=O) groups excluding carboxylic acids is 1. The summed E-state index contributed by atoms with van der Waals surface area (Å²) >= 11 is 0. The molecule has 2 rings (SSSR count). The molecule has 0 aromatic carbocycles. The average Bonchev–Trinajstić information content (AvgIpc) is 3.10. The molecular weight excluding hydrogens is 327 g/mol. The van der Waals surface area contributed by atoms with Gasteiger partial charge in [0.15, 0.2) is 0 Å². The Kier molecular flexibility index (Phi) is 5.30. The molecule has 1 aromatic heterocycles. The first-order chi connectivity index (χ1) is 11.2. The van der Waals surface area contributed by atoms with Crippen LogP contribution >= 0.6 is 0 Å². The van der Waals surface area contributed by atoms with Gasteiger partial charge in [-0.05, 0) is 39.0 Å². The van der Waals surface area contributed by atoms with E-state index in [0.717, 1.165) is 24.6 Å². The number of H-pyrrole nitrogens is 1. The molecule has 1 aromatic rings. The Morgan fingerprint density at radius 2 is 2.12 bits per heavy atom. The Balaban J connectivity index is 2.03. The third-order valence-electron chi connectivity index (χ3n) is 4.07. The van der Waals surface area contributed by atoms with E-state index in [0.29, 0.717) is 12.0 Å². The molecule has 1 heterocycles. The number of nitrogens with one attached hydrogen (secondary N) is 2. The van der Waals surface area contributed by atoms with Crippen LogP contribution in [-0.4, -0.2) is 33.2 Å². The smallest absolute Gasteiger partial charge is 0.433 e. The van der Waals surface area contributed by atoms with Crippen LogP contribution < -0.4 is 5.32 Å². The summed E-state index contributed by atoms with van der Waals surface area (Å²) in [4.78, 5) is 23.4. The van der Waals surface area contributed by atoms with Gasteiger partial charge in [0.05, 0.1) is 6.20 Å². The summed E-state index contributed by atoms with van der Waals surface area (Å²) in [5.41, 5.74) is 0.373. The number of carboxylic acids is 1. The normalized spacial score (nSPS) is 16.3. The van der Waals surface area contributed by atoms with Gasteiger partial charge in [-0.15, -0.1) is 0 Å². The van der Waals surface area contributed by atoms with E-state index in [2.05, 4.69) is 10.4 Å². The molecule has 0 saturated heterocycles. The van der Waals surface area contributed by atoms with Crippen LogP contribution in [0.15, 0.2) is 17.3 Å². The molecule has 1 unspecified atom stereocenters. The van der Waals surface area contributed by atoms with Crippen LogP contribution in [0.2, 0.25) is 0 Å². The Morgan fingerprint density at radius 3 is 2.67 bits per heavy atom. The molecule has 0 spiro atoms. The van der Waals surface area contributed by atoms with Gasteiger partial charge in [-0.2, -0.15) is 18.3 Å². The van der Waals surface area contributed by atoms with Crippen LogP contribution in [-0.2, 0) is 22.2 Å². The molecule has 0 fully saturated rings. The van der Waals surface area contributed by atoms with Gasteiger partial charge in [0.1, 0.15) is 11.7 Å². The quantitative estimate of drug-likeness (QED) is 0.738. The summed E-state index contributed by atoms with van der Waals surface area (Å²) in [6.45, 7) is 1.82. The zero-order valence-corrected chi connectivity index (χ0v) is 13.0. The summed E-state index contributed by atoms with van der Waals surface area (Å²) < 4.78 is 38.3. The second-order valence-electron chi connectivity index (χ2n) is 5.78. The predicted molar refractivity (Wildman–Crippen MR) is 78.0 cm³/mol. The fourth-order valence-electron chi connectivity index (χ4n) is 2.75. The first-order valence-electron chi connectivity index (χ1n) is 7.52. The zero-order valence-electron chi connectivity index (χ0n) is 13.0. The van der Waals surface area contributed by atoms with Crippen LogP contribution in [0, 0.1) is 0 Å². The molecule has 0 aliphatic heterocycles. The number of aromatic amines is 1. The number of aliphatic carboxylic acids is 1. The molecular formula is C15H18F3N3O3. The van der Waals surface area contributed by atoms with Gasteiger partial charge >= 0.3 is 12.1 Å². The van der Waals surface area contributed by atoms with Crippen LogP contribution in [0.5, 0.6) is 0 Å². The van der Waals surface area contributed by atoms with Crippen molar-refractivity contribution >= 4 is 11.9 Å². The molecule has 9 heteroatoms. The monoisotopic (exact) mass is 345 g/mol. The minimum Gasteiger partial charge on any atom is -0.480 e. The Bertz CT molecular complexity index is 664. The van der Waals surface area contributed by atoms with Crippen LogP contribution in [0.3, 0.4) is 0 Å². The van der Waals surface area contributed by atoms with Crippen LogP contribution in [0.25, 0.3) is 0 Å². The third kappa shape index (κ3) is 4.15. The number of halogens is 3. The highest BCUT2D eigenvalue weighted by Gasteiger charge is 2.35. The number of hydrogen-bond acceptors (Lipinski definition) is 3. The van der Waals surface area contributed by atoms with E-state index < -0.39 is 29.8 Å². The summed E-state index contributed by atoms with van der Waals surface area (Å²) in [7, 11) is 0. The van der Waals surface area contributed by atoms with Crippen LogP contribution in [0.1, 0.15) is 43.9 Å². The van der Waals surface area contributed by atoms with Crippen molar-refractivity contribution in [3.63, 3.8) is 0 Å². The van der Waals surface area contributed by atoms with Crippen molar-refractivity contribution in [1.29, 1.82) is 0 Å². The molecule has 6 nitrogen and oxygen atoms in total. The molecule has 1 aliphatic rings. The lowest BCUT2D eigenvalue weighted by atomic mass is 10.0. The number of rotatable bonds is 6. The number of amides is 1. The van der Waals surface area contributed by atoms with E-state index in [1.165, 1.54) is 0 Å². The van der Waals surface area contributed by atoms with Crippen molar-refractivity contribution in [2.75, 3.05) is 0 Å². The van der Waals surface area contributed by atoms with E-state index in [-0.39, 0.29) is 18.4 Å². The van der Waals surface area contributed by atoms with Gasteiger partial charge < -0.3 is 10.4 Å². The molecule has 1 atom stereocenters. The number of carbonyl (C=O) groups is 2. The first kappa shape index (κ1) is 18.0. The topological polar surface area (TPSA) is 95.1 Å². The van der Waals surface area contributed by atoms with Crippen molar-refractivity contribution < 1.29 is 27.9 Å². The summed E-state index contributed by atoms with van der Waals surface area (Å²) in [6, 6.07) is -1.26. The van der Waals surface area contributed by atoms with Crippen molar-refractivity contribution in [2.45, 2.75) is 51.2 Å². The molecule has 3 N–H and O–H groups in total. The summed E-state index contributed by atoms with van der Waals surface area (Å²) in [5.74, 6) is -1.74. The van der Waals surface area contributed by atoms with Gasteiger partial charge in [-0.1, -0.05) is 5.57 Å². The SMILES string of the molecule is CC1=C(C(=O)NC(CCc2cn[nH]c2C(F)(F)F)C(=O)O)CCC1. The fraction of sp³-hybridized carbons (Fsp3) is 0.533. The van der Waals surface area contributed by atoms with E-state index in [4.69, 9.17) is 0 Å². The average molecular weight is 345 g/mol. The lowest BCUT2D eigenvalue weighted by Crippen LogP contribution is -2.41. The number of alkyl halides is 3. The van der Waals surface area contributed by atoms with Gasteiger partial charge in [0.25, 0.3) is 0 Å². The van der Waals surface area contributed by atoms with Gasteiger partial charge in [0, 0.05) is 11.1 Å². The highest BCUT2D eigenvalue weighted by Crippen LogP contribution is 2.30. The number of hydrogen-bond donors (Lipinski definition) is 3. The molecule has 0 radical (unpaired) electrons. The van der Waals surface area contributed by atoms with Gasteiger partial charge in [-0.25, -0.2) is 4.79 Å². The van der Waals surface area contributed by atoms with Crippen LogP contribution in [0.4, 0.5) is 13.2 Å². The molecule has 1 aliphatic carbocycles. The summed E-state index contributed by atoms with van der Waals surface area (Å²) in [5, 5.41) is 16.8. The number of carboxylic acid groups (broad SMARTS) is 1. The van der Waals surface area contributed by atoms with Crippen molar-refractivity contribution in [3.05, 3.63) is 28.6 Å². The van der Waals surface area contributed by atoms with E-state index >= 15 is 0 Å². The zero-order chi connectivity index (χ0) is 17.9. The van der Waals surface area contributed by atoms with Gasteiger partial charge in [0.2, 0.25) is 5.91 Å². The van der Waals surface area contributed by atoms with E-state index in [1.54, 1.807) is 0 Å². The predicted octanol–water partition coefficient (Wildman–Crippen LogP) is 2.43. The maximum atomic E-state index is 12.8. The highest BCUT2D eigenvalue weighted by atomic mass is 19.4. The Morgan fingerprint density at radius 1 is 1.42 bits per heavy atom. The van der Waals surface area contributed by atoms with Crippen molar-refractivity contribution in [1.82, 2.24) is 15.5 Å². The number of nitrogens with zero attached hydrogens (tertiary/aromatic N) is 1. The lowest BCUT2D eigenvalue weighted by molar-refractivity contribution is -0.141. The molecule has 24 heavy (non-hydrogen) atoms. The number of aromatic nitrogens is 2. The largest absolute Gasteiger partial charge is 0.480 e. The summed E-state index contributed by atoms with van der Waals surface area (Å²) in [6.07, 6.45) is -1.66. The Labute approximate surface area is 136 Å². The standard InChI is InChI=1S/C15H18F3N3O3/c1-8-3-2-4-10(8)13(22)20-11(14(23)24)6-5-9-7-19-21-12(9)15(16,17)18/h7,11H,2-6H2,1H3,(H,19,21)(H,20,22)(H,23,24). The van der Waals surface area contributed by atoms with E-state index in [1.807, 2.05) is 12.0 Å². The van der Waals surface area contributed by atoms with Gasteiger partial charge in [-0.3, -0.25) is 9.89 Å². The second-order valence-corrected chi connectivity index (χ2v) is 5.78. The maximum absolute atomic E-state index is 12.8. The maximum Gasteiger partial charge on any atom is 0.433 e. The third-order valence-corrected chi connectivity index (χ3v) is 4.07. The lowest BCUT2D eigenvalue weighted by Gasteiger charge is -2.16. The van der Waals surface area contributed by atoms with Crippen molar-refractivity contribution in [2.24, 2.45) is 0 Å². The minimum atomic E-state index is -4.58. The number of allylic oxidation sites excluding steroid dienone is 1.